The van der Waals surface area contributed by atoms with Crippen molar-refractivity contribution in [1.29, 1.82) is 0 Å². The molecule has 300 valence electrons. The maximum absolute atomic E-state index is 12.8. The van der Waals surface area contributed by atoms with Crippen molar-refractivity contribution in [1.82, 2.24) is 0 Å². The molecule has 1 atom stereocenters. The Morgan fingerprint density at radius 3 is 1.52 bits per heavy atom. The van der Waals surface area contributed by atoms with Gasteiger partial charge in [0.2, 0.25) is 0 Å². The summed E-state index contributed by atoms with van der Waals surface area (Å²) in [5, 5.41) is 0. The molecule has 9 heteroatoms. The highest BCUT2D eigenvalue weighted by Crippen LogP contribution is 2.44. The molecule has 7 nitrogen and oxygen atoms in total. The smallest absolute Gasteiger partial charge is 0.379 e. The Kier molecular flexibility index (Phi) is 33.9. The SMILES string of the molecule is CCCCCCCCCCCC/C=C/CCCCC(=O)OC1=NC/C=C\C=C/CN=C1OP(O)(=S)OCCCCCCCCCCCCCCCC. The van der Waals surface area contributed by atoms with Crippen LogP contribution in [-0.4, -0.2) is 42.4 Å². The molecule has 0 aromatic carbocycles. The fourth-order valence-corrected chi connectivity index (χ4v) is 7.32. The van der Waals surface area contributed by atoms with Crippen molar-refractivity contribution in [2.45, 2.75) is 200 Å². The van der Waals surface area contributed by atoms with Crippen LogP contribution in [-0.2, 0) is 30.4 Å². The van der Waals surface area contributed by atoms with E-state index in [0.29, 0.717) is 13.0 Å². The molecule has 0 fully saturated rings. The summed E-state index contributed by atoms with van der Waals surface area (Å²) in [5.41, 5.74) is 0. The van der Waals surface area contributed by atoms with Crippen molar-refractivity contribution in [2.75, 3.05) is 19.7 Å². The normalized spacial score (nSPS) is 15.9. The minimum atomic E-state index is -3.66. The molecule has 52 heavy (non-hydrogen) atoms. The second-order valence-electron chi connectivity index (χ2n) is 14.3. The molecular weight excluding hydrogens is 688 g/mol. The summed E-state index contributed by atoms with van der Waals surface area (Å²) in [6, 6.07) is 0. The van der Waals surface area contributed by atoms with E-state index in [9.17, 15) is 9.69 Å². The van der Waals surface area contributed by atoms with Crippen molar-refractivity contribution in [3.63, 3.8) is 0 Å². The summed E-state index contributed by atoms with van der Waals surface area (Å²) in [6.45, 7) is 1.71. The first-order valence-electron chi connectivity index (χ1n) is 21.4. The number of unbranched alkanes of at least 4 members (excludes halogenated alkanes) is 25. The van der Waals surface area contributed by atoms with E-state index in [1.165, 1.54) is 135 Å². The lowest BCUT2D eigenvalue weighted by atomic mass is 10.0. The number of carbonyl (C=O) groups is 1. The zero-order valence-corrected chi connectivity index (χ0v) is 35.1. The molecule has 0 aliphatic carbocycles. The first kappa shape index (κ1) is 48.4. The molecule has 0 radical (unpaired) electrons. The van der Waals surface area contributed by atoms with E-state index in [4.69, 9.17) is 25.6 Å². The lowest BCUT2D eigenvalue weighted by Gasteiger charge is -2.18. The molecule has 0 spiro atoms. The lowest BCUT2D eigenvalue weighted by Crippen LogP contribution is -2.25. The molecule has 1 unspecified atom stereocenters. The Morgan fingerprint density at radius 1 is 0.635 bits per heavy atom. The Labute approximate surface area is 324 Å². The van der Waals surface area contributed by atoms with Crippen LogP contribution in [0.25, 0.3) is 0 Å². The minimum Gasteiger partial charge on any atom is -0.402 e. The second kappa shape index (κ2) is 36.4. The van der Waals surface area contributed by atoms with E-state index < -0.39 is 12.7 Å². The molecule has 0 aromatic rings. The van der Waals surface area contributed by atoms with Crippen molar-refractivity contribution < 1.29 is 23.5 Å². The van der Waals surface area contributed by atoms with Gasteiger partial charge in [-0.3, -0.25) is 9.32 Å². The highest BCUT2D eigenvalue weighted by Gasteiger charge is 2.25. The fourth-order valence-electron chi connectivity index (χ4n) is 6.12. The van der Waals surface area contributed by atoms with Crippen LogP contribution in [0.15, 0.2) is 46.4 Å². The average Bonchev–Trinajstić information content (AvgIpc) is 3.13. The van der Waals surface area contributed by atoms with Crippen LogP contribution >= 0.6 is 6.72 Å². The summed E-state index contributed by atoms with van der Waals surface area (Å²) in [7, 11) is 0. The zero-order valence-electron chi connectivity index (χ0n) is 33.4. The maximum Gasteiger partial charge on any atom is 0.379 e. The zero-order chi connectivity index (χ0) is 37.6. The molecule has 1 N–H and O–H groups in total. The Hall–Kier alpha value is -1.60. The van der Waals surface area contributed by atoms with E-state index in [2.05, 4.69) is 36.0 Å². The van der Waals surface area contributed by atoms with Crippen LogP contribution in [0.3, 0.4) is 0 Å². The topological polar surface area (TPSA) is 89.7 Å². The molecule has 0 amide bonds. The number of rotatable bonds is 33. The molecule has 0 saturated heterocycles. The van der Waals surface area contributed by atoms with Gasteiger partial charge >= 0.3 is 12.7 Å². The van der Waals surface area contributed by atoms with E-state index >= 15 is 0 Å². The van der Waals surface area contributed by atoms with E-state index in [0.717, 1.165) is 38.5 Å². The highest BCUT2D eigenvalue weighted by atomic mass is 32.5. The van der Waals surface area contributed by atoms with Crippen molar-refractivity contribution in [2.24, 2.45) is 9.98 Å². The fraction of sp³-hybridized carbons (Fsp3) is 0.791. The number of hydrogen-bond acceptors (Lipinski definition) is 7. The summed E-state index contributed by atoms with van der Waals surface area (Å²) in [6.07, 6.45) is 47.2. The molecule has 0 aromatic heterocycles. The summed E-state index contributed by atoms with van der Waals surface area (Å²) < 4.78 is 17.0. The van der Waals surface area contributed by atoms with Crippen LogP contribution in [0.5, 0.6) is 0 Å². The second-order valence-corrected chi connectivity index (χ2v) is 17.1. The summed E-state index contributed by atoms with van der Waals surface area (Å²) in [5.74, 6) is -0.560. The predicted octanol–water partition coefficient (Wildman–Crippen LogP) is 13.6. The third-order valence-electron chi connectivity index (χ3n) is 9.30. The Balaban J connectivity index is 2.28. The monoisotopic (exact) mass is 765 g/mol. The van der Waals surface area contributed by atoms with Gasteiger partial charge in [-0.25, -0.2) is 9.98 Å². The minimum absolute atomic E-state index is 0.0651. The summed E-state index contributed by atoms with van der Waals surface area (Å²) >= 11 is 5.31. The van der Waals surface area contributed by atoms with Gasteiger partial charge in [-0.2, -0.15) is 0 Å². The van der Waals surface area contributed by atoms with Gasteiger partial charge in [0.15, 0.2) is 0 Å². The number of hydrogen-bond donors (Lipinski definition) is 1. The van der Waals surface area contributed by atoms with Gasteiger partial charge in [-0.15, -0.1) is 0 Å². The first-order valence-corrected chi connectivity index (χ1v) is 24.0. The average molecular weight is 765 g/mol. The van der Waals surface area contributed by atoms with Crippen molar-refractivity contribution in [3.8, 4) is 0 Å². The van der Waals surface area contributed by atoms with Gasteiger partial charge < -0.3 is 14.2 Å². The van der Waals surface area contributed by atoms with Gasteiger partial charge in [0, 0.05) is 18.2 Å². The van der Waals surface area contributed by atoms with Crippen LogP contribution in [0.2, 0.25) is 0 Å². The molecule has 0 saturated carbocycles. The number of nitrogens with zero attached hydrogens (tertiary/aromatic N) is 2. The summed E-state index contributed by atoms with van der Waals surface area (Å²) in [4.78, 5) is 32.4. The van der Waals surface area contributed by atoms with Crippen LogP contribution in [0.1, 0.15) is 200 Å². The van der Waals surface area contributed by atoms with E-state index in [-0.39, 0.29) is 31.3 Å². The first-order chi connectivity index (χ1) is 25.5. The highest BCUT2D eigenvalue weighted by molar-refractivity contribution is 8.07. The number of aliphatic imine (C=N–C) groups is 2. The largest absolute Gasteiger partial charge is 0.402 e. The predicted molar refractivity (Wildman–Crippen MR) is 227 cm³/mol. The van der Waals surface area contributed by atoms with Gasteiger partial charge in [0.05, 0.1) is 19.7 Å². The van der Waals surface area contributed by atoms with E-state index in [1.54, 1.807) is 0 Å². The van der Waals surface area contributed by atoms with Gasteiger partial charge in [0.25, 0.3) is 11.8 Å². The molecule has 1 aliphatic heterocycles. The number of esters is 1. The molecule has 1 rings (SSSR count). The van der Waals surface area contributed by atoms with Crippen LogP contribution in [0.4, 0.5) is 0 Å². The third kappa shape index (κ3) is 31.9. The standard InChI is InChI=1S/C43H77N2O5PS/c1-3-5-7-9-11-13-15-17-19-20-21-23-25-27-29-33-37-41(46)49-42-43(45-39-35-31-30-34-38-44-42)50-51(47,52)48-40-36-32-28-26-24-22-18-16-14-12-10-8-6-4-2/h23,25,30-31,34-35H,3-22,24,26-29,32-33,36-40H2,1-2H3,(H,47,52)/b25-23+,34-30-,35-31-,44-42?,45-43?. The molecule has 1 heterocycles. The maximum atomic E-state index is 12.8. The number of ether oxygens (including phenoxy) is 1. The Morgan fingerprint density at radius 2 is 1.04 bits per heavy atom. The number of allylic oxidation sites excluding steroid dienone is 4. The van der Waals surface area contributed by atoms with Crippen LogP contribution < -0.4 is 0 Å². The van der Waals surface area contributed by atoms with Crippen molar-refractivity contribution in [3.05, 3.63) is 36.5 Å². The molecule has 1 aliphatic rings. The van der Waals surface area contributed by atoms with Gasteiger partial charge in [0.1, 0.15) is 0 Å². The quantitative estimate of drug-likeness (QED) is 0.0310. The molecule has 0 bridgehead atoms. The van der Waals surface area contributed by atoms with Crippen LogP contribution in [0, 0.1) is 0 Å². The lowest BCUT2D eigenvalue weighted by molar-refractivity contribution is -0.135. The van der Waals surface area contributed by atoms with Crippen molar-refractivity contribution >= 4 is 36.3 Å². The van der Waals surface area contributed by atoms with Gasteiger partial charge in [-0.1, -0.05) is 192 Å². The number of carbonyl (C=O) groups excluding carboxylic acids is 1. The Bertz CT molecular complexity index is 1060. The van der Waals surface area contributed by atoms with Gasteiger partial charge in [-0.05, 0) is 38.5 Å². The molecular formula is C43H77N2O5PS. The van der Waals surface area contributed by atoms with E-state index in [1.807, 2.05) is 24.3 Å². The third-order valence-corrected chi connectivity index (χ3v) is 10.8.